The van der Waals surface area contributed by atoms with Crippen LogP contribution in [0.25, 0.3) is 0 Å². The van der Waals surface area contributed by atoms with E-state index in [4.69, 9.17) is 9.73 Å². The van der Waals surface area contributed by atoms with Crippen molar-refractivity contribution in [3.8, 4) is 5.75 Å². The zero-order chi connectivity index (χ0) is 16.2. The van der Waals surface area contributed by atoms with Crippen LogP contribution in [-0.2, 0) is 0 Å². The molecule has 0 unspecified atom stereocenters. The van der Waals surface area contributed by atoms with Crippen molar-refractivity contribution in [2.24, 2.45) is 4.99 Å². The van der Waals surface area contributed by atoms with Gasteiger partial charge in [-0.25, -0.2) is 9.67 Å². The maximum absolute atomic E-state index is 5.47. The van der Waals surface area contributed by atoms with Gasteiger partial charge in [-0.05, 0) is 37.6 Å². The standard InChI is InChI=1S/C19H19N3O/c1-14-9-10-17(18(13-14)23-3)20-19(16-7-5-4-6-8-16)22-12-11-15(2)21-22/h4-13H,1-3H3. The van der Waals surface area contributed by atoms with Gasteiger partial charge in [0.1, 0.15) is 11.4 Å². The summed E-state index contributed by atoms with van der Waals surface area (Å²) in [5.74, 6) is 1.52. The molecule has 0 bridgehead atoms. The molecule has 116 valence electrons. The Bertz CT molecular complexity index is 835. The minimum Gasteiger partial charge on any atom is -0.494 e. The van der Waals surface area contributed by atoms with E-state index in [2.05, 4.69) is 5.10 Å². The smallest absolute Gasteiger partial charge is 0.161 e. The Morgan fingerprint density at radius 3 is 2.48 bits per heavy atom. The highest BCUT2D eigenvalue weighted by molar-refractivity contribution is 6.01. The Labute approximate surface area is 136 Å². The largest absolute Gasteiger partial charge is 0.494 e. The second-order valence-corrected chi connectivity index (χ2v) is 5.38. The number of aryl methyl sites for hydroxylation is 2. The first-order valence-corrected chi connectivity index (χ1v) is 7.49. The highest BCUT2D eigenvalue weighted by atomic mass is 16.5. The molecule has 0 amide bonds. The first-order chi connectivity index (χ1) is 11.2. The van der Waals surface area contributed by atoms with Crippen LogP contribution in [-0.4, -0.2) is 22.7 Å². The van der Waals surface area contributed by atoms with Gasteiger partial charge in [0.2, 0.25) is 0 Å². The molecular weight excluding hydrogens is 286 g/mol. The number of hydrogen-bond donors (Lipinski definition) is 0. The molecule has 4 nitrogen and oxygen atoms in total. The van der Waals surface area contributed by atoms with Crippen molar-refractivity contribution < 1.29 is 4.74 Å². The van der Waals surface area contributed by atoms with E-state index in [0.717, 1.165) is 34.1 Å². The molecule has 0 fully saturated rings. The molecule has 23 heavy (non-hydrogen) atoms. The molecule has 1 aromatic heterocycles. The summed E-state index contributed by atoms with van der Waals surface area (Å²) in [4.78, 5) is 4.82. The van der Waals surface area contributed by atoms with Crippen molar-refractivity contribution in [2.45, 2.75) is 13.8 Å². The van der Waals surface area contributed by atoms with Crippen LogP contribution < -0.4 is 4.74 Å². The van der Waals surface area contributed by atoms with Gasteiger partial charge in [-0.15, -0.1) is 0 Å². The summed E-state index contributed by atoms with van der Waals surface area (Å²) in [5.41, 5.74) is 3.87. The number of ether oxygens (including phenoxy) is 1. The summed E-state index contributed by atoms with van der Waals surface area (Å²) in [7, 11) is 1.66. The summed E-state index contributed by atoms with van der Waals surface area (Å²) >= 11 is 0. The third-order valence-electron chi connectivity index (χ3n) is 3.53. The van der Waals surface area contributed by atoms with Gasteiger partial charge >= 0.3 is 0 Å². The maximum Gasteiger partial charge on any atom is 0.161 e. The first-order valence-electron chi connectivity index (χ1n) is 7.49. The quantitative estimate of drug-likeness (QED) is 0.539. The molecule has 0 atom stereocenters. The Kier molecular flexibility index (Phi) is 4.24. The fraction of sp³-hybridized carbons (Fsp3) is 0.158. The van der Waals surface area contributed by atoms with Crippen molar-refractivity contribution in [1.82, 2.24) is 9.78 Å². The van der Waals surface area contributed by atoms with E-state index < -0.39 is 0 Å². The van der Waals surface area contributed by atoms with Crippen LogP contribution in [0, 0.1) is 13.8 Å². The molecule has 0 saturated heterocycles. The zero-order valence-corrected chi connectivity index (χ0v) is 13.5. The SMILES string of the molecule is COc1cc(C)ccc1N=C(c1ccccc1)n1ccc(C)n1. The molecular formula is C19H19N3O. The Morgan fingerprint density at radius 1 is 1.04 bits per heavy atom. The molecule has 2 aromatic carbocycles. The highest BCUT2D eigenvalue weighted by Gasteiger charge is 2.10. The second-order valence-electron chi connectivity index (χ2n) is 5.38. The summed E-state index contributed by atoms with van der Waals surface area (Å²) in [6, 6.07) is 18.0. The van der Waals surface area contributed by atoms with Crippen LogP contribution in [0.5, 0.6) is 5.75 Å². The monoisotopic (exact) mass is 305 g/mol. The van der Waals surface area contributed by atoms with Crippen molar-refractivity contribution in [2.75, 3.05) is 7.11 Å². The van der Waals surface area contributed by atoms with E-state index >= 15 is 0 Å². The van der Waals surface area contributed by atoms with E-state index in [1.165, 1.54) is 0 Å². The Hall–Kier alpha value is -2.88. The van der Waals surface area contributed by atoms with E-state index in [-0.39, 0.29) is 0 Å². The van der Waals surface area contributed by atoms with Gasteiger partial charge < -0.3 is 4.74 Å². The number of benzene rings is 2. The van der Waals surface area contributed by atoms with Crippen molar-refractivity contribution in [1.29, 1.82) is 0 Å². The predicted octanol–water partition coefficient (Wildman–Crippen LogP) is 4.14. The number of hydrogen-bond acceptors (Lipinski definition) is 3. The lowest BCUT2D eigenvalue weighted by Gasteiger charge is -2.10. The molecule has 4 heteroatoms. The number of aliphatic imine (C=N–C) groups is 1. The van der Waals surface area contributed by atoms with Gasteiger partial charge in [0, 0.05) is 11.8 Å². The normalized spacial score (nSPS) is 11.5. The molecule has 3 aromatic rings. The van der Waals surface area contributed by atoms with Gasteiger partial charge in [0.05, 0.1) is 12.8 Å². The van der Waals surface area contributed by atoms with E-state index in [1.54, 1.807) is 11.8 Å². The molecule has 1 heterocycles. The van der Waals surface area contributed by atoms with Crippen molar-refractivity contribution >= 4 is 11.5 Å². The topological polar surface area (TPSA) is 39.4 Å². The average Bonchev–Trinajstić information content (AvgIpc) is 3.00. The number of methoxy groups -OCH3 is 1. The maximum atomic E-state index is 5.47. The molecule has 0 spiro atoms. The van der Waals surface area contributed by atoms with Crippen LogP contribution >= 0.6 is 0 Å². The third kappa shape index (κ3) is 3.31. The molecule has 0 radical (unpaired) electrons. The van der Waals surface area contributed by atoms with Crippen LogP contribution in [0.1, 0.15) is 16.8 Å². The van der Waals surface area contributed by atoms with Gasteiger partial charge in [-0.1, -0.05) is 36.4 Å². The summed E-state index contributed by atoms with van der Waals surface area (Å²) in [6.45, 7) is 4.00. The molecule has 3 rings (SSSR count). The van der Waals surface area contributed by atoms with Crippen molar-refractivity contribution in [3.63, 3.8) is 0 Å². The van der Waals surface area contributed by atoms with Crippen molar-refractivity contribution in [3.05, 3.63) is 77.6 Å². The second kappa shape index (κ2) is 6.48. The lowest BCUT2D eigenvalue weighted by atomic mass is 10.2. The van der Waals surface area contributed by atoms with E-state index in [1.807, 2.05) is 74.6 Å². The van der Waals surface area contributed by atoms with E-state index in [0.29, 0.717) is 0 Å². The Morgan fingerprint density at radius 2 is 1.83 bits per heavy atom. The number of nitrogens with zero attached hydrogens (tertiary/aromatic N) is 3. The Balaban J connectivity index is 2.16. The van der Waals surface area contributed by atoms with Gasteiger partial charge in [-0.3, -0.25) is 0 Å². The summed E-state index contributed by atoms with van der Waals surface area (Å²) in [5, 5.41) is 4.50. The molecule has 0 saturated carbocycles. The molecule has 0 aliphatic carbocycles. The summed E-state index contributed by atoms with van der Waals surface area (Å²) < 4.78 is 7.26. The van der Waals surface area contributed by atoms with Crippen LogP contribution in [0.15, 0.2) is 65.8 Å². The zero-order valence-electron chi connectivity index (χ0n) is 13.5. The van der Waals surface area contributed by atoms with Gasteiger partial charge in [0.15, 0.2) is 5.84 Å². The molecule has 0 aliphatic heterocycles. The molecule has 0 N–H and O–H groups in total. The highest BCUT2D eigenvalue weighted by Crippen LogP contribution is 2.29. The van der Waals surface area contributed by atoms with Crippen LogP contribution in [0.2, 0.25) is 0 Å². The lowest BCUT2D eigenvalue weighted by Crippen LogP contribution is -2.14. The van der Waals surface area contributed by atoms with Crippen LogP contribution in [0.4, 0.5) is 5.69 Å². The fourth-order valence-corrected chi connectivity index (χ4v) is 2.36. The minimum atomic E-state index is 0.752. The average molecular weight is 305 g/mol. The minimum absolute atomic E-state index is 0.752. The number of aromatic nitrogens is 2. The third-order valence-corrected chi connectivity index (χ3v) is 3.53. The van der Waals surface area contributed by atoms with Crippen LogP contribution in [0.3, 0.4) is 0 Å². The lowest BCUT2D eigenvalue weighted by molar-refractivity contribution is 0.416. The first kappa shape index (κ1) is 15.0. The van der Waals surface area contributed by atoms with Gasteiger partial charge in [0.25, 0.3) is 0 Å². The van der Waals surface area contributed by atoms with Gasteiger partial charge in [-0.2, -0.15) is 5.10 Å². The van der Waals surface area contributed by atoms with E-state index in [9.17, 15) is 0 Å². The number of rotatable bonds is 3. The predicted molar refractivity (Wildman–Crippen MR) is 92.7 cm³/mol. The molecule has 0 aliphatic rings. The summed E-state index contributed by atoms with van der Waals surface area (Å²) in [6.07, 6.45) is 1.92. The fourth-order valence-electron chi connectivity index (χ4n) is 2.36.